The highest BCUT2D eigenvalue weighted by atomic mass is 16.5. The van der Waals surface area contributed by atoms with Gasteiger partial charge >= 0.3 is 0 Å². The largest absolute Gasteiger partial charge is 0.497 e. The minimum atomic E-state index is -1.22. The molecule has 3 aromatic carbocycles. The van der Waals surface area contributed by atoms with Crippen LogP contribution in [0.4, 0.5) is 5.69 Å². The Morgan fingerprint density at radius 1 is 1.00 bits per heavy atom. The van der Waals surface area contributed by atoms with Gasteiger partial charge in [-0.25, -0.2) is 4.68 Å². The Morgan fingerprint density at radius 2 is 1.73 bits per heavy atom. The summed E-state index contributed by atoms with van der Waals surface area (Å²) in [5.41, 5.74) is 2.68. The van der Waals surface area contributed by atoms with Gasteiger partial charge in [-0.15, -0.1) is 5.10 Å². The van der Waals surface area contributed by atoms with E-state index >= 15 is 0 Å². The molecule has 0 bridgehead atoms. The van der Waals surface area contributed by atoms with E-state index in [1.165, 1.54) is 7.11 Å². The summed E-state index contributed by atoms with van der Waals surface area (Å²) in [6.45, 7) is 5.63. The van der Waals surface area contributed by atoms with Crippen LogP contribution in [0.15, 0.2) is 66.7 Å². The fraction of sp³-hybridized carbons (Fsp3) is 0.286. The zero-order valence-corrected chi connectivity index (χ0v) is 21.7. The van der Waals surface area contributed by atoms with E-state index in [9.17, 15) is 9.59 Å². The van der Waals surface area contributed by atoms with E-state index < -0.39 is 5.54 Å². The standard InChI is InChI=1S/C28H31N5O4/c1-19-10-6-7-11-20(19)17-32(26(34)18-33-24-13-9-8-12-22(24)30-31-33)28(2,3)27(35)29-23-15-14-21(36-4)16-25(23)37-5/h6-16H,17-18H2,1-5H3,(H,29,35). The Balaban J connectivity index is 1.66. The van der Waals surface area contributed by atoms with Gasteiger partial charge in [0, 0.05) is 12.6 Å². The first kappa shape index (κ1) is 25.7. The Morgan fingerprint density at radius 3 is 2.46 bits per heavy atom. The van der Waals surface area contributed by atoms with Crippen molar-refractivity contribution in [3.05, 3.63) is 77.9 Å². The first-order valence-electron chi connectivity index (χ1n) is 11.9. The molecule has 192 valence electrons. The number of ether oxygens (including phenoxy) is 2. The maximum Gasteiger partial charge on any atom is 0.249 e. The molecular weight excluding hydrogens is 470 g/mol. The van der Waals surface area contributed by atoms with Gasteiger partial charge in [-0.1, -0.05) is 41.6 Å². The first-order chi connectivity index (χ1) is 17.7. The number of nitrogens with zero attached hydrogens (tertiary/aromatic N) is 4. The Labute approximate surface area is 216 Å². The maximum absolute atomic E-state index is 13.8. The highest BCUT2D eigenvalue weighted by Gasteiger charge is 2.38. The van der Waals surface area contributed by atoms with E-state index in [0.717, 1.165) is 16.6 Å². The van der Waals surface area contributed by atoms with Crippen molar-refractivity contribution in [2.45, 2.75) is 39.4 Å². The second-order valence-electron chi connectivity index (χ2n) is 9.22. The molecule has 1 aromatic heterocycles. The lowest BCUT2D eigenvalue weighted by atomic mass is 9.98. The molecule has 37 heavy (non-hydrogen) atoms. The zero-order valence-electron chi connectivity index (χ0n) is 21.7. The van der Waals surface area contributed by atoms with Crippen molar-refractivity contribution in [1.29, 1.82) is 0 Å². The molecular formula is C28H31N5O4. The lowest BCUT2D eigenvalue weighted by molar-refractivity contribution is -0.145. The van der Waals surface area contributed by atoms with E-state index in [4.69, 9.17) is 9.47 Å². The third-order valence-corrected chi connectivity index (χ3v) is 6.48. The molecule has 0 spiro atoms. The molecule has 0 aliphatic rings. The highest BCUT2D eigenvalue weighted by Crippen LogP contribution is 2.31. The van der Waals surface area contributed by atoms with Gasteiger partial charge in [0.15, 0.2) is 0 Å². The summed E-state index contributed by atoms with van der Waals surface area (Å²) in [6, 6.07) is 20.4. The normalized spacial score (nSPS) is 11.3. The third-order valence-electron chi connectivity index (χ3n) is 6.48. The lowest BCUT2D eigenvalue weighted by Crippen LogP contribution is -2.55. The number of benzene rings is 3. The molecule has 0 unspecified atom stereocenters. The van der Waals surface area contributed by atoms with Crippen LogP contribution >= 0.6 is 0 Å². The molecule has 0 radical (unpaired) electrons. The fourth-order valence-electron chi connectivity index (χ4n) is 4.10. The summed E-state index contributed by atoms with van der Waals surface area (Å²) in [4.78, 5) is 29.0. The van der Waals surface area contributed by atoms with E-state index in [1.807, 2.05) is 55.5 Å². The van der Waals surface area contributed by atoms with Gasteiger partial charge in [-0.2, -0.15) is 0 Å². The summed E-state index contributed by atoms with van der Waals surface area (Å²) >= 11 is 0. The van der Waals surface area contributed by atoms with Crippen LogP contribution in [-0.2, 0) is 22.7 Å². The number of para-hydroxylation sites is 1. The average molecular weight is 502 g/mol. The number of hydrogen-bond donors (Lipinski definition) is 1. The van der Waals surface area contributed by atoms with Crippen LogP contribution in [0.3, 0.4) is 0 Å². The number of anilines is 1. The summed E-state index contributed by atoms with van der Waals surface area (Å²) < 4.78 is 12.2. The number of nitrogens with one attached hydrogen (secondary N) is 1. The van der Waals surface area contributed by atoms with Gasteiger partial charge in [-0.3, -0.25) is 9.59 Å². The van der Waals surface area contributed by atoms with Crippen molar-refractivity contribution in [1.82, 2.24) is 19.9 Å². The third kappa shape index (κ3) is 5.40. The zero-order chi connectivity index (χ0) is 26.6. The molecule has 0 aliphatic carbocycles. The van der Waals surface area contributed by atoms with E-state index in [-0.39, 0.29) is 24.9 Å². The van der Waals surface area contributed by atoms with Crippen LogP contribution in [-0.4, -0.2) is 51.5 Å². The molecule has 0 saturated carbocycles. The van der Waals surface area contributed by atoms with Gasteiger partial charge in [0.05, 0.1) is 25.4 Å². The van der Waals surface area contributed by atoms with E-state index in [2.05, 4.69) is 15.6 Å². The Kier molecular flexibility index (Phi) is 7.42. The van der Waals surface area contributed by atoms with Crippen LogP contribution < -0.4 is 14.8 Å². The van der Waals surface area contributed by atoms with Gasteiger partial charge in [-0.05, 0) is 56.2 Å². The number of aryl methyl sites for hydroxylation is 1. The fourth-order valence-corrected chi connectivity index (χ4v) is 4.10. The predicted octanol–water partition coefficient (Wildman–Crippen LogP) is 4.20. The number of methoxy groups -OCH3 is 2. The molecule has 0 saturated heterocycles. The van der Waals surface area contributed by atoms with Crippen LogP contribution in [0.2, 0.25) is 0 Å². The van der Waals surface area contributed by atoms with Crippen molar-refractivity contribution in [2.24, 2.45) is 0 Å². The minimum absolute atomic E-state index is 0.0606. The predicted molar refractivity (Wildman–Crippen MR) is 142 cm³/mol. The van der Waals surface area contributed by atoms with E-state index in [1.54, 1.807) is 48.7 Å². The van der Waals surface area contributed by atoms with Crippen LogP contribution in [0.25, 0.3) is 11.0 Å². The summed E-state index contributed by atoms with van der Waals surface area (Å²) in [5, 5.41) is 11.2. The number of aromatic nitrogens is 3. The molecule has 0 atom stereocenters. The topological polar surface area (TPSA) is 98.6 Å². The van der Waals surface area contributed by atoms with Crippen molar-refractivity contribution >= 4 is 28.5 Å². The molecule has 2 amide bonds. The molecule has 9 heteroatoms. The summed E-state index contributed by atoms with van der Waals surface area (Å²) in [7, 11) is 3.08. The smallest absolute Gasteiger partial charge is 0.249 e. The number of hydrogen-bond acceptors (Lipinski definition) is 6. The van der Waals surface area contributed by atoms with Crippen molar-refractivity contribution in [3.8, 4) is 11.5 Å². The average Bonchev–Trinajstić information content (AvgIpc) is 3.30. The number of rotatable bonds is 9. The van der Waals surface area contributed by atoms with Gasteiger partial charge in [0.25, 0.3) is 0 Å². The van der Waals surface area contributed by atoms with Gasteiger partial charge in [0.1, 0.15) is 29.1 Å². The SMILES string of the molecule is COc1ccc(NC(=O)C(C)(C)N(Cc2ccccc2C)C(=O)Cn2nnc3ccccc32)c(OC)c1. The minimum Gasteiger partial charge on any atom is -0.497 e. The van der Waals surface area contributed by atoms with Crippen molar-refractivity contribution < 1.29 is 19.1 Å². The number of fused-ring (bicyclic) bond motifs is 1. The molecule has 4 rings (SSSR count). The second-order valence-corrected chi connectivity index (χ2v) is 9.22. The monoisotopic (exact) mass is 501 g/mol. The number of carbonyl (C=O) groups excluding carboxylic acids is 2. The lowest BCUT2D eigenvalue weighted by Gasteiger charge is -2.38. The molecule has 0 aliphatic heterocycles. The van der Waals surface area contributed by atoms with Crippen LogP contribution in [0.5, 0.6) is 11.5 Å². The van der Waals surface area contributed by atoms with Crippen molar-refractivity contribution in [3.63, 3.8) is 0 Å². The first-order valence-corrected chi connectivity index (χ1v) is 11.9. The summed E-state index contributed by atoms with van der Waals surface area (Å²) in [5.74, 6) is 0.432. The Bertz CT molecular complexity index is 1430. The van der Waals surface area contributed by atoms with Crippen molar-refractivity contribution in [2.75, 3.05) is 19.5 Å². The second kappa shape index (κ2) is 10.7. The maximum atomic E-state index is 13.8. The quantitative estimate of drug-likeness (QED) is 0.369. The summed E-state index contributed by atoms with van der Waals surface area (Å²) in [6.07, 6.45) is 0. The highest BCUT2D eigenvalue weighted by molar-refractivity contribution is 6.01. The molecule has 1 N–H and O–H groups in total. The van der Waals surface area contributed by atoms with Crippen LogP contribution in [0, 0.1) is 6.92 Å². The number of amides is 2. The van der Waals surface area contributed by atoms with E-state index in [0.29, 0.717) is 22.7 Å². The Hall–Kier alpha value is -4.40. The van der Waals surface area contributed by atoms with Crippen LogP contribution in [0.1, 0.15) is 25.0 Å². The molecule has 1 heterocycles. The molecule has 4 aromatic rings. The van der Waals surface area contributed by atoms with Gasteiger partial charge < -0.3 is 19.7 Å². The molecule has 9 nitrogen and oxygen atoms in total. The molecule has 0 fully saturated rings. The number of carbonyl (C=O) groups is 2. The van der Waals surface area contributed by atoms with Gasteiger partial charge in [0.2, 0.25) is 11.8 Å².